The molecule has 2 N–H and O–H groups in total. The minimum Gasteiger partial charge on any atom is -0.491 e. The Hall–Kier alpha value is -1.95. The van der Waals surface area contributed by atoms with Gasteiger partial charge < -0.3 is 10.5 Å². The van der Waals surface area contributed by atoms with Gasteiger partial charge >= 0.3 is 6.36 Å². The van der Waals surface area contributed by atoms with Crippen LogP contribution in [-0.4, -0.2) is 19.6 Å². The lowest BCUT2D eigenvalue weighted by atomic mass is 10.1. The van der Waals surface area contributed by atoms with Crippen molar-refractivity contribution >= 4 is 16.5 Å². The number of rotatable bonds is 4. The first-order valence-corrected chi connectivity index (χ1v) is 5.58. The Morgan fingerprint density at radius 3 is 2.32 bits per heavy atom. The number of nitrogen functional groups attached to an aromatic ring is 1. The lowest BCUT2D eigenvalue weighted by Gasteiger charge is -2.11. The van der Waals surface area contributed by atoms with Crippen LogP contribution < -0.4 is 10.5 Å². The van der Waals surface area contributed by atoms with Gasteiger partial charge in [0.05, 0.1) is 6.61 Å². The smallest absolute Gasteiger partial charge is 0.491 e. The molecule has 2 aromatic rings. The van der Waals surface area contributed by atoms with Crippen LogP contribution in [-0.2, 0) is 4.74 Å². The molecule has 0 aliphatic carbocycles. The predicted molar refractivity (Wildman–Crippen MR) is 65.9 cm³/mol. The van der Waals surface area contributed by atoms with E-state index >= 15 is 0 Å². The number of hydrogen-bond donors (Lipinski definition) is 1. The SMILES string of the molecule is Nc1ccc(OCCOC(F)(F)F)c2ccccc12. The highest BCUT2D eigenvalue weighted by Crippen LogP contribution is 2.29. The lowest BCUT2D eigenvalue weighted by Crippen LogP contribution is -2.18. The summed E-state index contributed by atoms with van der Waals surface area (Å²) in [6.07, 6.45) is -4.63. The minimum atomic E-state index is -4.63. The van der Waals surface area contributed by atoms with Gasteiger partial charge in [0, 0.05) is 16.5 Å². The predicted octanol–water partition coefficient (Wildman–Crippen LogP) is 3.34. The van der Waals surface area contributed by atoms with Crippen molar-refractivity contribution in [3.63, 3.8) is 0 Å². The molecule has 0 spiro atoms. The molecule has 0 fully saturated rings. The van der Waals surface area contributed by atoms with Gasteiger partial charge in [-0.3, -0.25) is 4.74 Å². The van der Waals surface area contributed by atoms with Crippen LogP contribution in [0.3, 0.4) is 0 Å². The average Bonchev–Trinajstić information content (AvgIpc) is 2.36. The van der Waals surface area contributed by atoms with Crippen LogP contribution in [0.15, 0.2) is 36.4 Å². The molecule has 0 aliphatic rings. The highest BCUT2D eigenvalue weighted by molar-refractivity contribution is 5.96. The van der Waals surface area contributed by atoms with Gasteiger partial charge in [-0.25, -0.2) is 0 Å². The van der Waals surface area contributed by atoms with Crippen molar-refractivity contribution in [2.24, 2.45) is 0 Å². The van der Waals surface area contributed by atoms with Gasteiger partial charge in [-0.2, -0.15) is 0 Å². The number of alkyl halides is 3. The summed E-state index contributed by atoms with van der Waals surface area (Å²) >= 11 is 0. The van der Waals surface area contributed by atoms with E-state index in [1.165, 1.54) is 0 Å². The maximum Gasteiger partial charge on any atom is 0.522 e. The zero-order valence-electron chi connectivity index (χ0n) is 9.91. The molecule has 102 valence electrons. The molecule has 3 nitrogen and oxygen atoms in total. The van der Waals surface area contributed by atoms with Crippen molar-refractivity contribution in [1.29, 1.82) is 0 Å². The van der Waals surface area contributed by atoms with Crippen molar-refractivity contribution in [2.45, 2.75) is 6.36 Å². The summed E-state index contributed by atoms with van der Waals surface area (Å²) in [6.45, 7) is -0.740. The van der Waals surface area contributed by atoms with E-state index in [0.717, 1.165) is 10.8 Å². The second-order valence-electron chi connectivity index (χ2n) is 3.84. The quantitative estimate of drug-likeness (QED) is 0.685. The summed E-state index contributed by atoms with van der Waals surface area (Å²) in [5, 5.41) is 1.56. The number of ether oxygens (including phenoxy) is 2. The van der Waals surface area contributed by atoms with E-state index in [0.29, 0.717) is 11.4 Å². The van der Waals surface area contributed by atoms with Crippen molar-refractivity contribution in [3.05, 3.63) is 36.4 Å². The third-order valence-electron chi connectivity index (χ3n) is 2.52. The first-order valence-electron chi connectivity index (χ1n) is 5.58. The van der Waals surface area contributed by atoms with Gasteiger partial charge in [0.2, 0.25) is 0 Å². The maximum atomic E-state index is 11.8. The molecule has 0 saturated carbocycles. The molecule has 0 bridgehead atoms. The van der Waals surface area contributed by atoms with Crippen molar-refractivity contribution in [2.75, 3.05) is 18.9 Å². The Kier molecular flexibility index (Phi) is 3.80. The standard InChI is InChI=1S/C13H12F3NO2/c14-13(15,16)19-8-7-18-12-6-5-11(17)9-3-1-2-4-10(9)12/h1-6H,7-8,17H2. The fourth-order valence-corrected chi connectivity index (χ4v) is 1.73. The Morgan fingerprint density at radius 1 is 0.947 bits per heavy atom. The largest absolute Gasteiger partial charge is 0.522 e. The van der Waals surface area contributed by atoms with Crippen molar-refractivity contribution < 1.29 is 22.6 Å². The highest BCUT2D eigenvalue weighted by Gasteiger charge is 2.28. The van der Waals surface area contributed by atoms with Crippen LogP contribution in [0.4, 0.5) is 18.9 Å². The molecule has 0 unspecified atom stereocenters. The number of fused-ring (bicyclic) bond motifs is 1. The molecule has 0 aromatic heterocycles. The summed E-state index contributed by atoms with van der Waals surface area (Å²) < 4.78 is 44.3. The fraction of sp³-hybridized carbons (Fsp3) is 0.231. The number of hydrogen-bond acceptors (Lipinski definition) is 3. The van der Waals surface area contributed by atoms with Gasteiger partial charge in [0.15, 0.2) is 0 Å². The Labute approximate surface area is 107 Å². The number of anilines is 1. The zero-order valence-corrected chi connectivity index (χ0v) is 9.91. The van der Waals surface area contributed by atoms with E-state index < -0.39 is 13.0 Å². The van der Waals surface area contributed by atoms with E-state index in [-0.39, 0.29) is 6.61 Å². The first-order chi connectivity index (χ1) is 8.97. The van der Waals surface area contributed by atoms with Crippen LogP contribution in [0.1, 0.15) is 0 Å². The second-order valence-corrected chi connectivity index (χ2v) is 3.84. The normalized spacial score (nSPS) is 11.7. The van der Waals surface area contributed by atoms with Gasteiger partial charge in [-0.1, -0.05) is 24.3 Å². The van der Waals surface area contributed by atoms with Crippen LogP contribution in [0.25, 0.3) is 10.8 Å². The van der Waals surface area contributed by atoms with Crippen molar-refractivity contribution in [1.82, 2.24) is 0 Å². The summed E-state index contributed by atoms with van der Waals surface area (Å²) in [4.78, 5) is 0. The molecule has 0 radical (unpaired) electrons. The van der Waals surface area contributed by atoms with Crippen LogP contribution in [0.5, 0.6) is 5.75 Å². The number of benzene rings is 2. The Morgan fingerprint density at radius 2 is 1.63 bits per heavy atom. The first kappa shape index (κ1) is 13.5. The number of halogens is 3. The van der Waals surface area contributed by atoms with Crippen LogP contribution >= 0.6 is 0 Å². The van der Waals surface area contributed by atoms with Crippen LogP contribution in [0.2, 0.25) is 0 Å². The highest BCUT2D eigenvalue weighted by atomic mass is 19.4. The lowest BCUT2D eigenvalue weighted by molar-refractivity contribution is -0.325. The zero-order chi connectivity index (χ0) is 13.9. The summed E-state index contributed by atoms with van der Waals surface area (Å²) in [6, 6.07) is 10.5. The molecular weight excluding hydrogens is 259 g/mol. The molecular formula is C13H12F3NO2. The van der Waals surface area contributed by atoms with E-state index in [9.17, 15) is 13.2 Å². The van der Waals surface area contributed by atoms with E-state index in [1.54, 1.807) is 24.3 Å². The Balaban J connectivity index is 2.07. The molecule has 2 aromatic carbocycles. The summed E-state index contributed by atoms with van der Waals surface area (Å²) in [7, 11) is 0. The van der Waals surface area contributed by atoms with Gasteiger partial charge in [-0.15, -0.1) is 13.2 Å². The molecule has 19 heavy (non-hydrogen) atoms. The molecule has 0 atom stereocenters. The monoisotopic (exact) mass is 271 g/mol. The summed E-state index contributed by atoms with van der Waals surface area (Å²) in [5.41, 5.74) is 6.40. The van der Waals surface area contributed by atoms with Gasteiger partial charge in [0.25, 0.3) is 0 Å². The molecule has 0 amide bonds. The molecule has 6 heteroatoms. The topological polar surface area (TPSA) is 44.5 Å². The molecule has 0 saturated heterocycles. The Bertz CT molecular complexity index is 569. The van der Waals surface area contributed by atoms with Crippen LogP contribution in [0, 0.1) is 0 Å². The third kappa shape index (κ3) is 3.51. The molecule has 2 rings (SSSR count). The van der Waals surface area contributed by atoms with E-state index in [4.69, 9.17) is 10.5 Å². The summed E-state index contributed by atoms with van der Waals surface area (Å²) in [5.74, 6) is 0.482. The fourth-order valence-electron chi connectivity index (χ4n) is 1.73. The molecule has 0 heterocycles. The van der Waals surface area contributed by atoms with E-state index in [1.807, 2.05) is 12.1 Å². The number of nitrogens with two attached hydrogens (primary N) is 1. The maximum absolute atomic E-state index is 11.8. The average molecular weight is 271 g/mol. The van der Waals surface area contributed by atoms with E-state index in [2.05, 4.69) is 4.74 Å². The van der Waals surface area contributed by atoms with Gasteiger partial charge in [-0.05, 0) is 12.1 Å². The van der Waals surface area contributed by atoms with Gasteiger partial charge in [0.1, 0.15) is 12.4 Å². The second kappa shape index (κ2) is 5.36. The third-order valence-corrected chi connectivity index (χ3v) is 2.52. The van der Waals surface area contributed by atoms with Crippen molar-refractivity contribution in [3.8, 4) is 5.75 Å². The minimum absolute atomic E-state index is 0.187. The molecule has 0 aliphatic heterocycles.